The van der Waals surface area contributed by atoms with Gasteiger partial charge in [-0.1, -0.05) is 12.1 Å². The van der Waals surface area contributed by atoms with Gasteiger partial charge in [-0.2, -0.15) is 0 Å². The molecule has 0 saturated heterocycles. The second-order valence-corrected chi connectivity index (χ2v) is 8.31. The largest absolute Gasteiger partial charge is 0.349 e. The van der Waals surface area contributed by atoms with Gasteiger partial charge in [-0.3, -0.25) is 4.79 Å². The van der Waals surface area contributed by atoms with E-state index in [9.17, 15) is 22.4 Å². The number of hydrogen-bond donors (Lipinski definition) is 2. The number of carbonyl (C=O) groups excluding carboxylic acids is 1. The summed E-state index contributed by atoms with van der Waals surface area (Å²) in [6, 6.07) is 7.18. The molecule has 3 saturated carbocycles. The van der Waals surface area contributed by atoms with Crippen molar-refractivity contribution in [3.63, 3.8) is 0 Å². The fraction of sp³-hybridized carbons (Fsp3) is 0.650. The van der Waals surface area contributed by atoms with Gasteiger partial charge in [-0.15, -0.1) is 12.4 Å². The third-order valence-electron chi connectivity index (χ3n) is 5.96. The minimum absolute atomic E-state index is 0. The first-order valence-corrected chi connectivity index (χ1v) is 9.63. The normalized spacial score (nSPS) is 28.7. The van der Waals surface area contributed by atoms with Crippen LogP contribution in [0.25, 0.3) is 0 Å². The SMILES string of the molecule is Cl.O=C(NC1CC(F)(F)C1)c1cccc(C2CC2NC2CCC(F)(F)CC2)c1. The number of benzene rings is 1. The Hall–Kier alpha value is -1.34. The fourth-order valence-corrected chi connectivity index (χ4v) is 4.20. The third kappa shape index (κ3) is 4.98. The zero-order chi connectivity index (χ0) is 19.2. The van der Waals surface area contributed by atoms with Crippen molar-refractivity contribution in [3.8, 4) is 0 Å². The predicted octanol–water partition coefficient (Wildman–Crippen LogP) is 4.66. The Morgan fingerprint density at radius 1 is 1.00 bits per heavy atom. The van der Waals surface area contributed by atoms with Crippen molar-refractivity contribution in [2.24, 2.45) is 0 Å². The highest BCUT2D eigenvalue weighted by molar-refractivity contribution is 5.94. The Labute approximate surface area is 168 Å². The average molecular weight is 421 g/mol. The smallest absolute Gasteiger partial charge is 0.252 e. The van der Waals surface area contributed by atoms with Crippen LogP contribution in [0.1, 0.15) is 66.8 Å². The number of amides is 1. The molecular formula is C20H25ClF4N2O. The van der Waals surface area contributed by atoms with Crippen molar-refractivity contribution in [3.05, 3.63) is 35.4 Å². The molecule has 1 amide bonds. The predicted molar refractivity (Wildman–Crippen MR) is 101 cm³/mol. The number of nitrogens with one attached hydrogen (secondary N) is 2. The molecule has 0 bridgehead atoms. The van der Waals surface area contributed by atoms with Gasteiger partial charge in [-0.05, 0) is 37.0 Å². The molecule has 3 aliphatic carbocycles. The summed E-state index contributed by atoms with van der Waals surface area (Å²) in [5.41, 5.74) is 1.51. The molecule has 156 valence electrons. The zero-order valence-corrected chi connectivity index (χ0v) is 16.2. The molecule has 8 heteroatoms. The molecule has 3 aliphatic rings. The van der Waals surface area contributed by atoms with Gasteiger partial charge in [0.25, 0.3) is 11.8 Å². The topological polar surface area (TPSA) is 41.1 Å². The van der Waals surface area contributed by atoms with E-state index in [2.05, 4.69) is 10.6 Å². The van der Waals surface area contributed by atoms with E-state index in [1.165, 1.54) is 0 Å². The lowest BCUT2D eigenvalue weighted by molar-refractivity contribution is -0.0901. The molecule has 2 atom stereocenters. The van der Waals surface area contributed by atoms with Gasteiger partial charge in [0, 0.05) is 55.3 Å². The van der Waals surface area contributed by atoms with Crippen LogP contribution in [0.2, 0.25) is 0 Å². The van der Waals surface area contributed by atoms with E-state index in [-0.39, 0.29) is 62.0 Å². The highest BCUT2D eigenvalue weighted by Crippen LogP contribution is 2.43. The summed E-state index contributed by atoms with van der Waals surface area (Å²) in [4.78, 5) is 12.3. The first kappa shape index (κ1) is 21.4. The maximum atomic E-state index is 13.2. The lowest BCUT2D eigenvalue weighted by Crippen LogP contribution is -2.50. The molecule has 0 aliphatic heterocycles. The molecule has 3 fully saturated rings. The number of carbonyl (C=O) groups is 1. The van der Waals surface area contributed by atoms with Crippen molar-refractivity contribution in [1.29, 1.82) is 0 Å². The Bertz CT molecular complexity index is 712. The third-order valence-corrected chi connectivity index (χ3v) is 5.96. The van der Waals surface area contributed by atoms with Gasteiger partial charge in [0.1, 0.15) is 0 Å². The van der Waals surface area contributed by atoms with Crippen LogP contribution in [-0.4, -0.2) is 35.9 Å². The van der Waals surface area contributed by atoms with Crippen molar-refractivity contribution < 1.29 is 22.4 Å². The fourth-order valence-electron chi connectivity index (χ4n) is 4.20. The summed E-state index contributed by atoms with van der Waals surface area (Å²) in [7, 11) is 0. The molecule has 2 unspecified atom stereocenters. The average Bonchev–Trinajstić information content (AvgIpc) is 3.34. The minimum atomic E-state index is -2.66. The molecule has 28 heavy (non-hydrogen) atoms. The lowest BCUT2D eigenvalue weighted by Gasteiger charge is -2.35. The molecule has 1 aromatic carbocycles. The highest BCUT2D eigenvalue weighted by Gasteiger charge is 2.46. The number of alkyl halides is 4. The summed E-state index contributed by atoms with van der Waals surface area (Å²) in [5, 5.41) is 6.12. The van der Waals surface area contributed by atoms with Crippen LogP contribution in [0.4, 0.5) is 17.6 Å². The van der Waals surface area contributed by atoms with Crippen LogP contribution < -0.4 is 10.6 Å². The number of halogens is 5. The van der Waals surface area contributed by atoms with Gasteiger partial charge < -0.3 is 10.6 Å². The quantitative estimate of drug-likeness (QED) is 0.680. The van der Waals surface area contributed by atoms with Gasteiger partial charge in [0.15, 0.2) is 0 Å². The molecule has 0 aromatic heterocycles. The van der Waals surface area contributed by atoms with E-state index >= 15 is 0 Å². The van der Waals surface area contributed by atoms with Crippen molar-refractivity contribution in [2.75, 3.05) is 0 Å². The van der Waals surface area contributed by atoms with Crippen LogP contribution in [0.5, 0.6) is 0 Å². The zero-order valence-electron chi connectivity index (χ0n) is 15.4. The second-order valence-electron chi connectivity index (χ2n) is 8.31. The minimum Gasteiger partial charge on any atom is -0.349 e. The summed E-state index contributed by atoms with van der Waals surface area (Å²) < 4.78 is 52.3. The van der Waals surface area contributed by atoms with Crippen molar-refractivity contribution >= 4 is 18.3 Å². The Balaban J connectivity index is 0.00000225. The monoisotopic (exact) mass is 420 g/mol. The van der Waals surface area contributed by atoms with Gasteiger partial charge in [0.2, 0.25) is 5.92 Å². The van der Waals surface area contributed by atoms with Crippen LogP contribution in [0, 0.1) is 0 Å². The molecule has 3 nitrogen and oxygen atoms in total. The standard InChI is InChI=1S/C20H24F4N2O.ClH/c21-19(22)6-4-14(5-7-19)25-17-9-16(17)12-2-1-3-13(8-12)18(27)26-15-10-20(23,24)11-15;/h1-3,8,14-17,25H,4-7,9-11H2,(H,26,27);1H. The first-order valence-electron chi connectivity index (χ1n) is 9.63. The van der Waals surface area contributed by atoms with Crippen LogP contribution >= 0.6 is 12.4 Å². The van der Waals surface area contributed by atoms with E-state index in [1.807, 2.05) is 12.1 Å². The van der Waals surface area contributed by atoms with E-state index in [1.54, 1.807) is 12.1 Å². The summed E-state index contributed by atoms with van der Waals surface area (Å²) in [6.07, 6.45) is 1.19. The summed E-state index contributed by atoms with van der Waals surface area (Å²) >= 11 is 0. The maximum absolute atomic E-state index is 13.2. The summed E-state index contributed by atoms with van der Waals surface area (Å²) in [5.74, 6) is -5.23. The van der Waals surface area contributed by atoms with Crippen LogP contribution in [-0.2, 0) is 0 Å². The Kier molecular flexibility index (Phi) is 5.97. The van der Waals surface area contributed by atoms with E-state index < -0.39 is 17.9 Å². The Morgan fingerprint density at radius 3 is 2.32 bits per heavy atom. The molecular weight excluding hydrogens is 396 g/mol. The molecule has 4 rings (SSSR count). The Morgan fingerprint density at radius 2 is 1.68 bits per heavy atom. The molecule has 1 aromatic rings. The van der Waals surface area contributed by atoms with Crippen molar-refractivity contribution in [2.45, 2.75) is 80.8 Å². The van der Waals surface area contributed by atoms with Gasteiger partial charge in [-0.25, -0.2) is 17.6 Å². The lowest BCUT2D eigenvalue weighted by atomic mass is 9.88. The number of rotatable bonds is 5. The van der Waals surface area contributed by atoms with Gasteiger partial charge >= 0.3 is 0 Å². The van der Waals surface area contributed by atoms with Crippen LogP contribution in [0.3, 0.4) is 0 Å². The van der Waals surface area contributed by atoms with E-state index in [4.69, 9.17) is 0 Å². The second kappa shape index (κ2) is 7.82. The van der Waals surface area contributed by atoms with E-state index in [0.717, 1.165) is 12.0 Å². The highest BCUT2D eigenvalue weighted by atomic mass is 35.5. The van der Waals surface area contributed by atoms with Crippen LogP contribution in [0.15, 0.2) is 24.3 Å². The molecule has 0 radical (unpaired) electrons. The molecule has 0 spiro atoms. The van der Waals surface area contributed by atoms with E-state index in [0.29, 0.717) is 18.4 Å². The first-order chi connectivity index (χ1) is 12.7. The van der Waals surface area contributed by atoms with Gasteiger partial charge in [0.05, 0.1) is 0 Å². The molecule has 2 N–H and O–H groups in total. The van der Waals surface area contributed by atoms with Crippen molar-refractivity contribution in [1.82, 2.24) is 10.6 Å². The molecule has 0 heterocycles. The maximum Gasteiger partial charge on any atom is 0.252 e. The summed E-state index contributed by atoms with van der Waals surface area (Å²) in [6.45, 7) is 0. The number of hydrogen-bond acceptors (Lipinski definition) is 2.